The van der Waals surface area contributed by atoms with E-state index in [9.17, 15) is 43.5 Å². The predicted octanol–water partition coefficient (Wildman–Crippen LogP) is 5.34. The number of Topliss-reactive ketones (excluding diaryl/α,β-unsaturated/α-hetero) is 2. The molecule has 1 fully saturated rings. The topological polar surface area (TPSA) is 238 Å². The summed E-state index contributed by atoms with van der Waals surface area (Å²) in [5, 5.41) is 20.5. The van der Waals surface area contributed by atoms with Crippen molar-refractivity contribution in [3.05, 3.63) is 97.6 Å². The van der Waals surface area contributed by atoms with E-state index in [2.05, 4.69) is 27.8 Å². The Hall–Kier alpha value is -7.10. The maximum atomic E-state index is 15.5. The number of carbonyl (C=O) groups excluding carboxylic acids is 7. The van der Waals surface area contributed by atoms with Crippen LogP contribution in [0.15, 0.2) is 47.3 Å². The van der Waals surface area contributed by atoms with Crippen molar-refractivity contribution in [3.8, 4) is 23.2 Å². The number of amides is 3. The molecule has 0 spiro atoms. The average Bonchev–Trinajstić information content (AvgIpc) is 4.09. The minimum atomic E-state index is -2.05. The van der Waals surface area contributed by atoms with Crippen LogP contribution in [0.1, 0.15) is 135 Å². The normalized spacial score (nSPS) is 20.9. The van der Waals surface area contributed by atoms with Crippen LogP contribution in [0.2, 0.25) is 0 Å². The highest BCUT2D eigenvalue weighted by Crippen LogP contribution is 2.52. The fourth-order valence-corrected chi connectivity index (χ4v) is 11.5. The van der Waals surface area contributed by atoms with Crippen LogP contribution < -0.4 is 21.5 Å². The number of cyclic esters (lactones) is 1. The first kappa shape index (κ1) is 53.7. The summed E-state index contributed by atoms with van der Waals surface area (Å²) in [6.07, 6.45) is 4.63. The second-order valence-corrected chi connectivity index (χ2v) is 20.6. The van der Waals surface area contributed by atoms with Gasteiger partial charge in [0.25, 0.3) is 5.56 Å². The summed E-state index contributed by atoms with van der Waals surface area (Å²) >= 11 is 0. The van der Waals surface area contributed by atoms with Crippen molar-refractivity contribution < 1.29 is 57.3 Å². The smallest absolute Gasteiger partial charge is 0.343 e. The molecule has 0 saturated heterocycles. The van der Waals surface area contributed by atoms with Crippen molar-refractivity contribution in [2.75, 3.05) is 26.4 Å². The molecule has 4 aromatic rings. The second kappa shape index (κ2) is 23.4. The third-order valence-electron chi connectivity index (χ3n) is 15.9. The number of halogens is 1. The minimum absolute atomic E-state index is 0.00455. The Balaban J connectivity index is 0.754. The number of aryl methyl sites for hydroxylation is 1. The molecule has 2 aromatic heterocycles. The number of aliphatic hydroxyl groups is 1. The standard InChI is InChI=1S/C58H64FN5O12/c1-3-58(73)42-27-47-55-39(30-64(47)56(71)41(42)32-76-57(58)72)54-44(19-18-36-33(2)43(59)28-46(63-55)53(36)54)61-51(69)22-20-48(66)45(26-34-12-7-6-8-13-34)62-50(68)21-17-35(65)29-60-49(67)23-25-74-24-11-16-52(70)75-31-40-37-14-9-4-5-10-15-38(37)40/h6-8,12-13,27-28,37-38,40,44-45,73H,3,9-11,14-26,29-32H2,1-2H3,(H,60,67)(H,61,69)(H,62,68)/t37?,38?,40?,44?,45-,58+/m1/s1. The van der Waals surface area contributed by atoms with Crippen LogP contribution in [0.4, 0.5) is 4.39 Å². The second-order valence-electron chi connectivity index (χ2n) is 20.6. The molecule has 18 heteroatoms. The van der Waals surface area contributed by atoms with Crippen LogP contribution >= 0.6 is 0 Å². The van der Waals surface area contributed by atoms with E-state index in [1.807, 2.05) is 18.2 Å². The highest BCUT2D eigenvalue weighted by molar-refractivity contribution is 5.96. The van der Waals surface area contributed by atoms with Gasteiger partial charge in [-0.1, -0.05) is 37.3 Å². The molecule has 4 N–H and O–H groups in total. The number of aromatic nitrogens is 2. The monoisotopic (exact) mass is 1040 g/mol. The maximum Gasteiger partial charge on any atom is 0.343 e. The summed E-state index contributed by atoms with van der Waals surface area (Å²) in [5.41, 5.74) is 2.07. The zero-order valence-electron chi connectivity index (χ0n) is 43.0. The number of rotatable bonds is 23. The van der Waals surface area contributed by atoms with E-state index in [0.29, 0.717) is 82.6 Å². The number of hydrogen-bond donors (Lipinski definition) is 4. The molecule has 3 amide bonds. The quantitative estimate of drug-likeness (QED) is 0.0368. The lowest BCUT2D eigenvalue weighted by atomic mass is 9.81. The van der Waals surface area contributed by atoms with E-state index in [4.69, 9.17) is 19.2 Å². The van der Waals surface area contributed by atoms with Crippen LogP contribution in [0, 0.1) is 42.3 Å². The molecule has 3 aliphatic carbocycles. The molecule has 5 aliphatic rings. The lowest BCUT2D eigenvalue weighted by Gasteiger charge is -2.31. The average molecular weight is 1040 g/mol. The van der Waals surface area contributed by atoms with Crippen molar-refractivity contribution in [3.63, 3.8) is 0 Å². The third kappa shape index (κ3) is 11.7. The highest BCUT2D eigenvalue weighted by Gasteiger charge is 2.49. The number of nitrogens with one attached hydrogen (secondary N) is 3. The van der Waals surface area contributed by atoms with E-state index < -0.39 is 58.5 Å². The summed E-state index contributed by atoms with van der Waals surface area (Å²) in [5.74, 6) is 4.24. The van der Waals surface area contributed by atoms with Gasteiger partial charge in [0.2, 0.25) is 17.7 Å². The molecule has 4 heterocycles. The molecule has 1 saturated carbocycles. The van der Waals surface area contributed by atoms with Gasteiger partial charge in [-0.15, -0.1) is 11.8 Å². The van der Waals surface area contributed by atoms with Crippen LogP contribution in [-0.4, -0.2) is 88.3 Å². The number of benzene rings is 2. The number of nitrogens with zero attached hydrogens (tertiary/aromatic N) is 2. The van der Waals surface area contributed by atoms with Crippen LogP contribution in [0.3, 0.4) is 0 Å². The van der Waals surface area contributed by atoms with Crippen molar-refractivity contribution in [1.29, 1.82) is 0 Å². The van der Waals surface area contributed by atoms with E-state index >= 15 is 4.39 Å². The first-order chi connectivity index (χ1) is 36.6. The van der Waals surface area contributed by atoms with Gasteiger partial charge in [0, 0.05) is 80.6 Å². The molecule has 3 unspecified atom stereocenters. The van der Waals surface area contributed by atoms with Crippen molar-refractivity contribution >= 4 is 52.1 Å². The molecular formula is C58H64FN5O12. The number of carbonyl (C=O) groups is 7. The van der Waals surface area contributed by atoms with Crippen LogP contribution in [0.25, 0.3) is 22.3 Å². The molecule has 400 valence electrons. The zero-order chi connectivity index (χ0) is 53.7. The number of ether oxygens (including phenoxy) is 3. The van der Waals surface area contributed by atoms with E-state index in [0.717, 1.165) is 36.8 Å². The summed E-state index contributed by atoms with van der Waals surface area (Å²) in [6.45, 7) is 3.59. The first-order valence-corrected chi connectivity index (χ1v) is 26.6. The molecule has 5 atom stereocenters. The molecule has 2 aliphatic heterocycles. The fraction of sp³-hybridized carbons (Fsp3) is 0.500. The Morgan fingerprint density at radius 2 is 1.66 bits per heavy atom. The lowest BCUT2D eigenvalue weighted by molar-refractivity contribution is -0.172. The SMILES string of the molecule is CC[C@@]1(O)C(=O)OCc2c1cc1n(c2=O)Cc2c-1nc1cc(F)c(C)c3c1c2C(NC(=O)CCC(=O)[C@@H](Cc1ccccc1)NC(=O)CCC(=O)CNC(=O)CCOCCCC(=O)OCC1C2CCC#CCCC21)CC3. The molecule has 17 nitrogen and oxygen atoms in total. The Labute approximate surface area is 439 Å². The Kier molecular flexibility index (Phi) is 16.6. The van der Waals surface area contributed by atoms with Crippen molar-refractivity contribution in [1.82, 2.24) is 25.5 Å². The molecule has 2 aromatic carbocycles. The third-order valence-corrected chi connectivity index (χ3v) is 15.9. The van der Waals surface area contributed by atoms with Gasteiger partial charge < -0.3 is 39.8 Å². The van der Waals surface area contributed by atoms with E-state index in [-0.39, 0.29) is 107 Å². The lowest BCUT2D eigenvalue weighted by Crippen LogP contribution is -2.44. The van der Waals surface area contributed by atoms with Gasteiger partial charge in [-0.2, -0.15) is 0 Å². The van der Waals surface area contributed by atoms with Crippen LogP contribution in [-0.2, 0) is 79.4 Å². The predicted molar refractivity (Wildman–Crippen MR) is 274 cm³/mol. The van der Waals surface area contributed by atoms with Gasteiger partial charge in [-0.3, -0.25) is 33.6 Å². The summed E-state index contributed by atoms with van der Waals surface area (Å²) in [6, 6.07) is 10.3. The molecular weight excluding hydrogens is 978 g/mol. The van der Waals surface area contributed by atoms with Crippen molar-refractivity contribution in [2.45, 2.75) is 141 Å². The van der Waals surface area contributed by atoms with Crippen molar-refractivity contribution in [2.24, 2.45) is 17.8 Å². The maximum absolute atomic E-state index is 15.5. The van der Waals surface area contributed by atoms with Gasteiger partial charge in [0.1, 0.15) is 12.4 Å². The number of hydrogen-bond acceptors (Lipinski definition) is 13. The van der Waals surface area contributed by atoms with Gasteiger partial charge >= 0.3 is 11.9 Å². The molecule has 9 rings (SSSR count). The number of pyridine rings is 2. The van der Waals surface area contributed by atoms with E-state index in [1.54, 1.807) is 32.0 Å². The highest BCUT2D eigenvalue weighted by atomic mass is 19.1. The van der Waals surface area contributed by atoms with Crippen LogP contribution in [0.5, 0.6) is 0 Å². The summed E-state index contributed by atoms with van der Waals surface area (Å²) < 4.78 is 33.2. The number of ketones is 2. The Morgan fingerprint density at radius 3 is 2.41 bits per heavy atom. The van der Waals surface area contributed by atoms with Gasteiger partial charge in [0.15, 0.2) is 17.2 Å². The Morgan fingerprint density at radius 1 is 0.908 bits per heavy atom. The van der Waals surface area contributed by atoms with Gasteiger partial charge in [-0.05, 0) is 97.9 Å². The Bertz CT molecular complexity index is 3090. The number of esters is 2. The summed E-state index contributed by atoms with van der Waals surface area (Å²) in [7, 11) is 0. The zero-order valence-corrected chi connectivity index (χ0v) is 43.0. The van der Waals surface area contributed by atoms with Gasteiger partial charge in [0.05, 0.1) is 60.9 Å². The first-order valence-electron chi connectivity index (χ1n) is 26.6. The molecule has 0 bridgehead atoms. The molecule has 76 heavy (non-hydrogen) atoms. The fourth-order valence-electron chi connectivity index (χ4n) is 11.5. The van der Waals surface area contributed by atoms with Gasteiger partial charge in [-0.25, -0.2) is 14.2 Å². The summed E-state index contributed by atoms with van der Waals surface area (Å²) in [4.78, 5) is 110. The largest absolute Gasteiger partial charge is 0.465 e. The number of fused-ring (bicyclic) bond motifs is 6. The van der Waals surface area contributed by atoms with E-state index in [1.165, 1.54) is 10.6 Å². The minimum Gasteiger partial charge on any atom is -0.465 e. The molecule has 0 radical (unpaired) electrons.